The van der Waals surface area contributed by atoms with Gasteiger partial charge in [0.15, 0.2) is 0 Å². The highest BCUT2D eigenvalue weighted by Gasteiger charge is 2.37. The van der Waals surface area contributed by atoms with Gasteiger partial charge in [-0.1, -0.05) is 24.3 Å². The quantitative estimate of drug-likeness (QED) is 0.613. The summed E-state index contributed by atoms with van der Waals surface area (Å²) < 4.78 is 10.4. The summed E-state index contributed by atoms with van der Waals surface area (Å²) in [6, 6.07) is 0. The average molecular weight is 332 g/mol. The second-order valence-corrected chi connectivity index (χ2v) is 7.53. The van der Waals surface area contributed by atoms with Gasteiger partial charge in [0.1, 0.15) is 0 Å². The van der Waals surface area contributed by atoms with E-state index in [1.54, 1.807) is 0 Å². The number of hydrogen-bond acceptors (Lipinski definition) is 4. The van der Waals surface area contributed by atoms with Gasteiger partial charge in [0.25, 0.3) is 0 Å². The second kappa shape index (κ2) is 6.49. The molecule has 0 aromatic carbocycles. The number of rotatable bonds is 4. The maximum atomic E-state index is 11.6. The molecule has 4 aliphatic carbocycles. The van der Waals surface area contributed by atoms with Crippen LogP contribution in [0.4, 0.5) is 9.59 Å². The number of amides is 2. The van der Waals surface area contributed by atoms with Crippen molar-refractivity contribution in [1.29, 1.82) is 0 Å². The van der Waals surface area contributed by atoms with Crippen LogP contribution in [0.2, 0.25) is 0 Å². The highest BCUT2D eigenvalue weighted by atomic mass is 16.6. The number of fused-ring (bicyclic) bond motifs is 4. The minimum atomic E-state index is -0.637. The van der Waals surface area contributed by atoms with Crippen molar-refractivity contribution in [3.05, 3.63) is 24.3 Å². The number of carbonyl (C=O) groups is 2. The van der Waals surface area contributed by atoms with Gasteiger partial charge in [0.05, 0.1) is 13.2 Å². The Morgan fingerprint density at radius 2 is 1.21 bits per heavy atom. The van der Waals surface area contributed by atoms with E-state index in [0.717, 1.165) is 12.8 Å². The van der Waals surface area contributed by atoms with Gasteiger partial charge in [-0.3, -0.25) is 0 Å². The third-order valence-electron chi connectivity index (χ3n) is 5.96. The Morgan fingerprint density at radius 1 is 0.750 bits per heavy atom. The molecule has 4 aliphatic rings. The number of ether oxygens (including phenoxy) is 2. The van der Waals surface area contributed by atoms with Crippen molar-refractivity contribution in [1.82, 2.24) is 10.9 Å². The van der Waals surface area contributed by atoms with E-state index >= 15 is 0 Å². The fourth-order valence-corrected chi connectivity index (χ4v) is 4.71. The van der Waals surface area contributed by atoms with Crippen LogP contribution in [-0.2, 0) is 9.47 Å². The van der Waals surface area contributed by atoms with Gasteiger partial charge in [-0.15, -0.1) is 0 Å². The van der Waals surface area contributed by atoms with Crippen molar-refractivity contribution in [2.75, 3.05) is 13.2 Å². The Morgan fingerprint density at radius 3 is 1.54 bits per heavy atom. The number of carbonyl (C=O) groups excluding carboxylic acids is 2. The van der Waals surface area contributed by atoms with Gasteiger partial charge in [-0.2, -0.15) is 0 Å². The molecule has 6 atom stereocenters. The summed E-state index contributed by atoms with van der Waals surface area (Å²) in [6.07, 6.45) is 12.2. The van der Waals surface area contributed by atoms with Gasteiger partial charge in [-0.25, -0.2) is 20.4 Å². The molecule has 24 heavy (non-hydrogen) atoms. The van der Waals surface area contributed by atoms with Crippen LogP contribution in [0.1, 0.15) is 25.7 Å². The van der Waals surface area contributed by atoms with Crippen LogP contribution in [0.25, 0.3) is 0 Å². The monoisotopic (exact) mass is 332 g/mol. The lowest BCUT2D eigenvalue weighted by molar-refractivity contribution is 0.101. The SMILES string of the molecule is O=C(NNC(=O)OCC1C[C@H]2C=C[C@@H]1C2)OCC1C[C@H]2C=C[C@@H]1C2. The van der Waals surface area contributed by atoms with Crippen molar-refractivity contribution >= 4 is 12.2 Å². The molecule has 2 saturated carbocycles. The fourth-order valence-electron chi connectivity index (χ4n) is 4.71. The molecule has 6 heteroatoms. The molecule has 0 heterocycles. The van der Waals surface area contributed by atoms with Crippen LogP contribution in [0, 0.1) is 35.5 Å². The predicted molar refractivity (Wildman–Crippen MR) is 86.7 cm³/mol. The zero-order chi connectivity index (χ0) is 16.5. The molecule has 0 aromatic rings. The molecule has 0 saturated heterocycles. The summed E-state index contributed by atoms with van der Waals surface area (Å²) in [5.41, 5.74) is 4.48. The molecule has 0 aliphatic heterocycles. The van der Waals surface area contributed by atoms with Crippen LogP contribution in [0.3, 0.4) is 0 Å². The number of hydrogen-bond donors (Lipinski definition) is 2. The summed E-state index contributed by atoms with van der Waals surface area (Å²) in [5, 5.41) is 0. The van der Waals surface area contributed by atoms with Crippen LogP contribution in [0.5, 0.6) is 0 Å². The van der Waals surface area contributed by atoms with E-state index in [1.807, 2.05) is 0 Å². The zero-order valence-corrected chi connectivity index (χ0v) is 13.6. The third-order valence-corrected chi connectivity index (χ3v) is 5.96. The van der Waals surface area contributed by atoms with E-state index in [9.17, 15) is 9.59 Å². The van der Waals surface area contributed by atoms with Gasteiger partial charge in [-0.05, 0) is 49.4 Å². The minimum absolute atomic E-state index is 0.394. The first-order valence-electron chi connectivity index (χ1n) is 8.89. The first-order valence-corrected chi connectivity index (χ1v) is 8.89. The predicted octanol–water partition coefficient (Wildman–Crippen LogP) is 2.78. The number of hydrazine groups is 1. The molecule has 2 N–H and O–H groups in total. The Labute approximate surface area is 141 Å². The molecule has 4 bridgehead atoms. The Kier molecular flexibility index (Phi) is 4.21. The minimum Gasteiger partial charge on any atom is -0.448 e. The lowest BCUT2D eigenvalue weighted by Gasteiger charge is -2.19. The van der Waals surface area contributed by atoms with Gasteiger partial charge in [0, 0.05) is 11.8 Å². The number of allylic oxidation sites excluding steroid dienone is 4. The molecule has 2 amide bonds. The summed E-state index contributed by atoms with van der Waals surface area (Å²) in [4.78, 5) is 23.3. The van der Waals surface area contributed by atoms with Crippen molar-refractivity contribution in [2.24, 2.45) is 35.5 Å². The Balaban J connectivity index is 1.09. The summed E-state index contributed by atoms with van der Waals surface area (Å²) in [6.45, 7) is 0.789. The molecular formula is C18H24N2O4. The van der Waals surface area contributed by atoms with Crippen LogP contribution in [-0.4, -0.2) is 25.4 Å². The first-order chi connectivity index (χ1) is 11.7. The molecule has 6 nitrogen and oxygen atoms in total. The smallest absolute Gasteiger partial charge is 0.426 e. The molecular weight excluding hydrogens is 308 g/mol. The van der Waals surface area contributed by atoms with Gasteiger partial charge < -0.3 is 9.47 Å². The van der Waals surface area contributed by atoms with Crippen molar-refractivity contribution in [3.8, 4) is 0 Å². The lowest BCUT2D eigenvalue weighted by atomic mass is 9.95. The maximum Gasteiger partial charge on any atom is 0.426 e. The topological polar surface area (TPSA) is 76.7 Å². The molecule has 2 unspecified atom stereocenters. The number of nitrogens with one attached hydrogen (secondary N) is 2. The lowest BCUT2D eigenvalue weighted by Crippen LogP contribution is -2.43. The molecule has 2 fully saturated rings. The van der Waals surface area contributed by atoms with Gasteiger partial charge >= 0.3 is 12.2 Å². The largest absolute Gasteiger partial charge is 0.448 e. The van der Waals surface area contributed by atoms with Crippen molar-refractivity contribution < 1.29 is 19.1 Å². The van der Waals surface area contributed by atoms with E-state index in [0.29, 0.717) is 48.7 Å². The first kappa shape index (κ1) is 15.5. The van der Waals surface area contributed by atoms with E-state index in [-0.39, 0.29) is 0 Å². The zero-order valence-electron chi connectivity index (χ0n) is 13.6. The average Bonchev–Trinajstić information content (AvgIpc) is 3.36. The van der Waals surface area contributed by atoms with Crippen LogP contribution >= 0.6 is 0 Å². The normalized spacial score (nSPS) is 37.7. The summed E-state index contributed by atoms with van der Waals surface area (Å²) in [5.74, 6) is 3.20. The van der Waals surface area contributed by atoms with Crippen LogP contribution < -0.4 is 10.9 Å². The van der Waals surface area contributed by atoms with Crippen molar-refractivity contribution in [2.45, 2.75) is 25.7 Å². The fraction of sp³-hybridized carbons (Fsp3) is 0.667. The van der Waals surface area contributed by atoms with E-state index in [4.69, 9.17) is 9.47 Å². The standard InChI is InChI=1S/C18H24N2O4/c21-17(23-9-15-7-11-1-3-13(15)5-11)19-20-18(22)24-10-16-8-12-2-4-14(16)6-12/h1-4,11-16H,5-10H2,(H,19,21)(H,20,22)/t11-,12-,13+,14+,15?,16?/m0/s1. The Hall–Kier alpha value is -1.98. The van der Waals surface area contributed by atoms with E-state index < -0.39 is 12.2 Å². The maximum absolute atomic E-state index is 11.6. The highest BCUT2D eigenvalue weighted by Crippen LogP contribution is 2.44. The molecule has 4 rings (SSSR count). The second-order valence-electron chi connectivity index (χ2n) is 7.53. The Bertz CT molecular complexity index is 523. The summed E-state index contributed by atoms with van der Waals surface area (Å²) >= 11 is 0. The molecule has 130 valence electrons. The third kappa shape index (κ3) is 3.28. The molecule has 0 aromatic heterocycles. The van der Waals surface area contributed by atoms with Gasteiger partial charge in [0.2, 0.25) is 0 Å². The highest BCUT2D eigenvalue weighted by molar-refractivity contribution is 5.73. The summed E-state index contributed by atoms with van der Waals surface area (Å²) in [7, 11) is 0. The van der Waals surface area contributed by atoms with E-state index in [2.05, 4.69) is 35.2 Å². The van der Waals surface area contributed by atoms with Crippen molar-refractivity contribution in [3.63, 3.8) is 0 Å². The van der Waals surface area contributed by atoms with Crippen LogP contribution in [0.15, 0.2) is 24.3 Å². The molecule has 0 spiro atoms. The molecule has 0 radical (unpaired) electrons. The van der Waals surface area contributed by atoms with E-state index in [1.165, 1.54) is 12.8 Å².